The first kappa shape index (κ1) is 23.8. The quantitative estimate of drug-likeness (QED) is 0.299. The number of hydrogen-bond acceptors (Lipinski definition) is 7. The number of aromatic hydroxyl groups is 1. The molecule has 7 nitrogen and oxygen atoms in total. The first-order valence-electron chi connectivity index (χ1n) is 13.3. The number of hydrogen-bond donors (Lipinski definition) is 1. The molecule has 1 N–H and O–H groups in total. The van der Waals surface area contributed by atoms with Crippen molar-refractivity contribution in [2.24, 2.45) is 0 Å². The van der Waals surface area contributed by atoms with Crippen LogP contribution in [-0.4, -0.2) is 46.8 Å². The Morgan fingerprint density at radius 3 is 2.65 bits per heavy atom. The Bertz CT molecular complexity index is 1470. The Morgan fingerprint density at radius 2 is 1.92 bits per heavy atom. The van der Waals surface area contributed by atoms with E-state index in [4.69, 9.17) is 13.9 Å². The molecule has 37 heavy (non-hydrogen) atoms. The Balaban J connectivity index is 1.65. The summed E-state index contributed by atoms with van der Waals surface area (Å²) in [5.41, 5.74) is 2.60. The lowest BCUT2D eigenvalue weighted by molar-refractivity contribution is 0.0526. The summed E-state index contributed by atoms with van der Waals surface area (Å²) in [6, 6.07) is 11.3. The van der Waals surface area contributed by atoms with Crippen molar-refractivity contribution in [1.82, 2.24) is 9.88 Å². The predicted octanol–water partition coefficient (Wildman–Crippen LogP) is 6.29. The van der Waals surface area contributed by atoms with Gasteiger partial charge in [-0.1, -0.05) is 30.7 Å². The van der Waals surface area contributed by atoms with Crippen LogP contribution < -0.4 is 4.74 Å². The topological polar surface area (TPSA) is 85.0 Å². The van der Waals surface area contributed by atoms with E-state index in [2.05, 4.69) is 9.88 Å². The number of carbonyl (C=O) groups excluding carboxylic acids is 1. The highest BCUT2D eigenvalue weighted by Crippen LogP contribution is 2.48. The molecule has 0 radical (unpaired) electrons. The lowest BCUT2D eigenvalue weighted by Gasteiger charge is -2.36. The SMILES string of the molecule is CCOC(=O)c1c(C)oc2c1c(C(c1ccnc(OC3CC3)c1)N1CCCCC1)c(O)c1ccccc12. The van der Waals surface area contributed by atoms with Gasteiger partial charge in [-0.3, -0.25) is 4.90 Å². The lowest BCUT2D eigenvalue weighted by atomic mass is 9.88. The molecule has 2 aromatic heterocycles. The molecule has 1 atom stereocenters. The van der Waals surface area contributed by atoms with Gasteiger partial charge >= 0.3 is 5.97 Å². The summed E-state index contributed by atoms with van der Waals surface area (Å²) in [4.78, 5) is 20.1. The first-order chi connectivity index (χ1) is 18.1. The maximum atomic E-state index is 13.3. The van der Waals surface area contributed by atoms with Crippen molar-refractivity contribution in [3.63, 3.8) is 0 Å². The minimum Gasteiger partial charge on any atom is -0.507 e. The van der Waals surface area contributed by atoms with Crippen molar-refractivity contribution in [1.29, 1.82) is 0 Å². The summed E-state index contributed by atoms with van der Waals surface area (Å²) in [6.45, 7) is 5.59. The molecular formula is C30H32N2O5. The zero-order valence-corrected chi connectivity index (χ0v) is 21.3. The number of nitrogens with zero attached hydrogens (tertiary/aromatic N) is 2. The fourth-order valence-corrected chi connectivity index (χ4v) is 5.61. The van der Waals surface area contributed by atoms with Crippen LogP contribution in [0.3, 0.4) is 0 Å². The van der Waals surface area contributed by atoms with Gasteiger partial charge in [0, 0.05) is 34.0 Å². The summed E-state index contributed by atoms with van der Waals surface area (Å²) < 4.78 is 17.8. The molecule has 3 heterocycles. The smallest absolute Gasteiger partial charge is 0.342 e. The summed E-state index contributed by atoms with van der Waals surface area (Å²) in [5, 5.41) is 14.0. The molecule has 1 saturated carbocycles. The van der Waals surface area contributed by atoms with E-state index in [0.29, 0.717) is 39.1 Å². The maximum absolute atomic E-state index is 13.3. The van der Waals surface area contributed by atoms with E-state index in [0.717, 1.165) is 49.7 Å². The van der Waals surface area contributed by atoms with Crippen molar-refractivity contribution in [3.05, 3.63) is 65.0 Å². The molecule has 2 aromatic carbocycles. The molecule has 1 aliphatic heterocycles. The zero-order valence-electron chi connectivity index (χ0n) is 21.3. The molecule has 0 amide bonds. The number of likely N-dealkylation sites (tertiary alicyclic amines) is 1. The van der Waals surface area contributed by atoms with Crippen molar-refractivity contribution in [3.8, 4) is 11.6 Å². The summed E-state index contributed by atoms with van der Waals surface area (Å²) in [7, 11) is 0. The number of phenolic OH excluding ortho intramolecular Hbond substituents is 1. The second kappa shape index (κ2) is 9.71. The molecule has 0 bridgehead atoms. The van der Waals surface area contributed by atoms with Gasteiger partial charge in [-0.15, -0.1) is 0 Å². The largest absolute Gasteiger partial charge is 0.507 e. The number of phenols is 1. The number of furan rings is 1. The molecule has 1 aliphatic carbocycles. The number of rotatable bonds is 7. The highest BCUT2D eigenvalue weighted by molar-refractivity contribution is 6.16. The number of piperidine rings is 1. The van der Waals surface area contributed by atoms with Gasteiger partial charge < -0.3 is 19.0 Å². The molecule has 6 rings (SSSR count). The molecule has 7 heteroatoms. The number of aryl methyl sites for hydroxylation is 1. The average Bonchev–Trinajstić information content (AvgIpc) is 3.66. The van der Waals surface area contributed by atoms with Crippen molar-refractivity contribution < 1.29 is 23.8 Å². The van der Waals surface area contributed by atoms with E-state index in [1.807, 2.05) is 36.4 Å². The van der Waals surface area contributed by atoms with Crippen LogP contribution in [0.15, 0.2) is 47.0 Å². The highest BCUT2D eigenvalue weighted by atomic mass is 16.5. The average molecular weight is 501 g/mol. The fraction of sp³-hybridized carbons (Fsp3) is 0.400. The van der Waals surface area contributed by atoms with Crippen molar-refractivity contribution in [2.75, 3.05) is 19.7 Å². The third kappa shape index (κ3) is 4.31. The third-order valence-electron chi connectivity index (χ3n) is 7.43. The molecule has 2 fully saturated rings. The van der Waals surface area contributed by atoms with Gasteiger partial charge in [-0.2, -0.15) is 0 Å². The minimum atomic E-state index is -0.445. The molecule has 0 spiro atoms. The Labute approximate surface area is 216 Å². The maximum Gasteiger partial charge on any atom is 0.342 e. The van der Waals surface area contributed by atoms with Crippen LogP contribution in [0.1, 0.15) is 72.3 Å². The molecule has 4 aromatic rings. The summed E-state index contributed by atoms with van der Waals surface area (Å²) in [5.74, 6) is 0.786. The minimum absolute atomic E-state index is 0.159. The number of carbonyl (C=O) groups is 1. The number of pyridine rings is 1. The second-order valence-electron chi connectivity index (χ2n) is 10.0. The second-order valence-corrected chi connectivity index (χ2v) is 10.0. The van der Waals surface area contributed by atoms with E-state index in [-0.39, 0.29) is 24.5 Å². The standard InChI is InChI=1S/C30H32N2O5/c1-3-35-30(34)24-18(2)36-29-22-10-6-5-9-21(22)28(33)26(25(24)29)27(32-15-7-4-8-16-32)19-13-14-31-23(17-19)37-20-11-12-20/h5-6,9-10,13-14,17,20,27,33H,3-4,7-8,11-12,15-16H2,1-2H3. The van der Waals surface area contributed by atoms with Crippen molar-refractivity contribution in [2.45, 2.75) is 58.1 Å². The monoisotopic (exact) mass is 500 g/mol. The molecule has 2 aliphatic rings. The lowest BCUT2D eigenvalue weighted by Crippen LogP contribution is -2.34. The van der Waals surface area contributed by atoms with Crippen LogP contribution in [0.4, 0.5) is 0 Å². The van der Waals surface area contributed by atoms with E-state index in [9.17, 15) is 9.90 Å². The van der Waals surface area contributed by atoms with Gasteiger partial charge in [0.25, 0.3) is 0 Å². The number of ether oxygens (including phenoxy) is 2. The Morgan fingerprint density at radius 1 is 1.16 bits per heavy atom. The van der Waals surface area contributed by atoms with Gasteiger partial charge in [-0.05, 0) is 64.3 Å². The van der Waals surface area contributed by atoms with Crippen LogP contribution in [-0.2, 0) is 4.74 Å². The summed E-state index contributed by atoms with van der Waals surface area (Å²) >= 11 is 0. The fourth-order valence-electron chi connectivity index (χ4n) is 5.61. The van der Waals surface area contributed by atoms with Gasteiger partial charge in [0.05, 0.1) is 12.6 Å². The number of esters is 1. The number of benzene rings is 2. The van der Waals surface area contributed by atoms with Gasteiger partial charge in [0.2, 0.25) is 5.88 Å². The Hall–Kier alpha value is -3.58. The van der Waals surface area contributed by atoms with E-state index >= 15 is 0 Å². The van der Waals surface area contributed by atoms with Crippen LogP contribution in [0.5, 0.6) is 11.6 Å². The number of fused-ring (bicyclic) bond motifs is 3. The molecular weight excluding hydrogens is 468 g/mol. The van der Waals surface area contributed by atoms with E-state index < -0.39 is 5.97 Å². The van der Waals surface area contributed by atoms with E-state index in [1.54, 1.807) is 20.0 Å². The molecule has 1 saturated heterocycles. The first-order valence-corrected chi connectivity index (χ1v) is 13.3. The van der Waals surface area contributed by atoms with Crippen LogP contribution >= 0.6 is 0 Å². The predicted molar refractivity (Wildman–Crippen MR) is 141 cm³/mol. The Kier molecular flexibility index (Phi) is 6.24. The van der Waals surface area contributed by atoms with Gasteiger partial charge in [0.15, 0.2) is 0 Å². The number of aromatic nitrogens is 1. The van der Waals surface area contributed by atoms with Gasteiger partial charge in [0.1, 0.15) is 28.8 Å². The van der Waals surface area contributed by atoms with Crippen molar-refractivity contribution >= 4 is 27.7 Å². The highest BCUT2D eigenvalue weighted by Gasteiger charge is 2.34. The van der Waals surface area contributed by atoms with E-state index in [1.165, 1.54) is 6.42 Å². The van der Waals surface area contributed by atoms with Gasteiger partial charge in [-0.25, -0.2) is 9.78 Å². The molecule has 1 unspecified atom stereocenters. The van der Waals surface area contributed by atoms with Crippen LogP contribution in [0, 0.1) is 6.92 Å². The zero-order chi connectivity index (χ0) is 25.5. The summed E-state index contributed by atoms with van der Waals surface area (Å²) in [6.07, 6.45) is 7.40. The third-order valence-corrected chi connectivity index (χ3v) is 7.43. The van der Waals surface area contributed by atoms with Crippen LogP contribution in [0.25, 0.3) is 21.7 Å². The molecule has 192 valence electrons. The normalized spacial score (nSPS) is 17.2. The van der Waals surface area contributed by atoms with Crippen LogP contribution in [0.2, 0.25) is 0 Å².